The minimum absolute atomic E-state index is 0.0196. The van der Waals surface area contributed by atoms with Gasteiger partial charge in [0.15, 0.2) is 6.10 Å². The predicted octanol–water partition coefficient (Wildman–Crippen LogP) is 3.08. The Hall–Kier alpha value is -1.56. The molecule has 0 fully saturated rings. The molecule has 2 N–H and O–H groups in total. The zero-order valence-corrected chi connectivity index (χ0v) is 13.9. The molecular weight excluding hydrogens is 338 g/mol. The number of carbonyl (C=O) groups is 2. The highest BCUT2D eigenvalue weighted by atomic mass is 79.9. The van der Waals surface area contributed by atoms with E-state index in [9.17, 15) is 9.59 Å². The molecule has 0 bridgehead atoms. The van der Waals surface area contributed by atoms with E-state index in [1.54, 1.807) is 19.1 Å². The first-order chi connectivity index (χ1) is 9.82. The van der Waals surface area contributed by atoms with Gasteiger partial charge in [0.05, 0.1) is 4.47 Å². The smallest absolute Gasteiger partial charge is 0.339 e. The molecule has 0 radical (unpaired) electrons. The van der Waals surface area contributed by atoms with E-state index in [2.05, 4.69) is 35.1 Å². The van der Waals surface area contributed by atoms with Crippen molar-refractivity contribution in [3.8, 4) is 5.75 Å². The summed E-state index contributed by atoms with van der Waals surface area (Å²) in [4.78, 5) is 23.1. The van der Waals surface area contributed by atoms with Crippen molar-refractivity contribution in [1.82, 2.24) is 5.32 Å². The number of aromatic carboxylic acids is 1. The monoisotopic (exact) mass is 357 g/mol. The van der Waals surface area contributed by atoms with Crippen LogP contribution >= 0.6 is 15.9 Å². The molecule has 116 valence electrons. The van der Waals surface area contributed by atoms with Crippen molar-refractivity contribution in [2.45, 2.75) is 33.3 Å². The van der Waals surface area contributed by atoms with Gasteiger partial charge in [-0.25, -0.2) is 4.79 Å². The predicted molar refractivity (Wildman–Crippen MR) is 83.7 cm³/mol. The highest BCUT2D eigenvalue weighted by Gasteiger charge is 2.20. The zero-order valence-electron chi connectivity index (χ0n) is 12.4. The number of carboxylic acid groups (broad SMARTS) is 1. The number of rotatable bonds is 7. The average molecular weight is 358 g/mol. The van der Waals surface area contributed by atoms with Crippen molar-refractivity contribution in [1.29, 1.82) is 0 Å². The van der Waals surface area contributed by atoms with E-state index in [1.807, 2.05) is 0 Å². The van der Waals surface area contributed by atoms with E-state index in [-0.39, 0.29) is 17.2 Å². The van der Waals surface area contributed by atoms with Gasteiger partial charge in [-0.05, 0) is 47.3 Å². The van der Waals surface area contributed by atoms with Gasteiger partial charge in [0.25, 0.3) is 5.91 Å². The molecule has 1 amide bonds. The summed E-state index contributed by atoms with van der Waals surface area (Å²) in [5, 5.41) is 11.9. The summed E-state index contributed by atoms with van der Waals surface area (Å²) >= 11 is 3.24. The first-order valence-electron chi connectivity index (χ1n) is 6.79. The highest BCUT2D eigenvalue weighted by Crippen LogP contribution is 2.30. The lowest BCUT2D eigenvalue weighted by Gasteiger charge is -2.17. The Balaban J connectivity index is 2.72. The number of benzene rings is 1. The molecule has 1 aromatic carbocycles. The summed E-state index contributed by atoms with van der Waals surface area (Å²) in [6.45, 7) is 6.32. The Morgan fingerprint density at radius 2 is 2.00 bits per heavy atom. The van der Waals surface area contributed by atoms with Crippen LogP contribution in [0.15, 0.2) is 22.7 Å². The number of nitrogens with one attached hydrogen (secondary N) is 1. The Kier molecular flexibility index (Phi) is 6.68. The normalized spacial score (nSPS) is 12.0. The average Bonchev–Trinajstić information content (AvgIpc) is 2.40. The molecule has 21 heavy (non-hydrogen) atoms. The molecule has 0 aliphatic carbocycles. The topological polar surface area (TPSA) is 75.6 Å². The molecule has 1 aromatic rings. The second-order valence-corrected chi connectivity index (χ2v) is 6.01. The number of hydrogen-bond donors (Lipinski definition) is 2. The minimum Gasteiger partial charge on any atom is -0.479 e. The lowest BCUT2D eigenvalue weighted by Crippen LogP contribution is -2.37. The number of halogens is 1. The molecular formula is C15H20BrNO4. The molecule has 0 aliphatic rings. The van der Waals surface area contributed by atoms with Gasteiger partial charge in [0, 0.05) is 6.54 Å². The van der Waals surface area contributed by atoms with Gasteiger partial charge in [-0.15, -0.1) is 0 Å². The first kappa shape index (κ1) is 17.5. The van der Waals surface area contributed by atoms with Crippen LogP contribution in [-0.4, -0.2) is 29.6 Å². The standard InChI is InChI=1S/C15H20BrNO4/c1-9(2)7-8-17-14(18)10(3)21-13-11(15(19)20)5-4-6-12(13)16/h4-6,9-10H,7-8H2,1-3H3,(H,17,18)(H,19,20). The van der Waals surface area contributed by atoms with Gasteiger partial charge >= 0.3 is 5.97 Å². The largest absolute Gasteiger partial charge is 0.479 e. The lowest BCUT2D eigenvalue weighted by atomic mass is 10.1. The van der Waals surface area contributed by atoms with Crippen molar-refractivity contribution >= 4 is 27.8 Å². The maximum absolute atomic E-state index is 11.9. The van der Waals surface area contributed by atoms with E-state index in [4.69, 9.17) is 9.84 Å². The summed E-state index contributed by atoms with van der Waals surface area (Å²) in [6, 6.07) is 4.71. The Morgan fingerprint density at radius 3 is 2.57 bits per heavy atom. The number of para-hydroxylation sites is 1. The summed E-state index contributed by atoms with van der Waals surface area (Å²) in [5.41, 5.74) is 0.0196. The summed E-state index contributed by atoms with van der Waals surface area (Å²) < 4.78 is 6.02. The summed E-state index contributed by atoms with van der Waals surface area (Å²) in [6.07, 6.45) is 0.113. The Bertz CT molecular complexity index is 516. The maximum Gasteiger partial charge on any atom is 0.339 e. The second-order valence-electron chi connectivity index (χ2n) is 5.16. The number of amides is 1. The molecule has 1 rings (SSSR count). The van der Waals surface area contributed by atoms with Crippen LogP contribution in [0.25, 0.3) is 0 Å². The van der Waals surface area contributed by atoms with Crippen LogP contribution in [0.3, 0.4) is 0 Å². The number of carbonyl (C=O) groups excluding carboxylic acids is 1. The molecule has 0 saturated heterocycles. The van der Waals surface area contributed by atoms with Gasteiger partial charge in [0.1, 0.15) is 11.3 Å². The van der Waals surface area contributed by atoms with Gasteiger partial charge in [-0.3, -0.25) is 4.79 Å². The van der Waals surface area contributed by atoms with E-state index in [1.165, 1.54) is 6.07 Å². The fourth-order valence-electron chi connectivity index (χ4n) is 1.66. The zero-order chi connectivity index (χ0) is 16.0. The van der Waals surface area contributed by atoms with Gasteiger partial charge < -0.3 is 15.2 Å². The van der Waals surface area contributed by atoms with Crippen LogP contribution in [0, 0.1) is 5.92 Å². The van der Waals surface area contributed by atoms with Crippen LogP contribution in [0.5, 0.6) is 5.75 Å². The fraction of sp³-hybridized carbons (Fsp3) is 0.467. The third-order valence-electron chi connectivity index (χ3n) is 2.88. The van der Waals surface area contributed by atoms with Crippen molar-refractivity contribution in [3.05, 3.63) is 28.2 Å². The Morgan fingerprint density at radius 1 is 1.33 bits per heavy atom. The Labute approximate surface area is 132 Å². The van der Waals surface area contributed by atoms with Crippen molar-refractivity contribution < 1.29 is 19.4 Å². The van der Waals surface area contributed by atoms with Crippen LogP contribution < -0.4 is 10.1 Å². The van der Waals surface area contributed by atoms with Gasteiger partial charge in [-0.1, -0.05) is 19.9 Å². The number of ether oxygens (including phenoxy) is 1. The van der Waals surface area contributed by atoms with Crippen molar-refractivity contribution in [3.63, 3.8) is 0 Å². The molecule has 1 atom stereocenters. The molecule has 0 spiro atoms. The lowest BCUT2D eigenvalue weighted by molar-refractivity contribution is -0.127. The van der Waals surface area contributed by atoms with E-state index >= 15 is 0 Å². The van der Waals surface area contributed by atoms with Crippen LogP contribution in [-0.2, 0) is 4.79 Å². The number of carboxylic acids is 1. The maximum atomic E-state index is 11.9. The van der Waals surface area contributed by atoms with E-state index in [0.29, 0.717) is 16.9 Å². The van der Waals surface area contributed by atoms with Crippen LogP contribution in [0.2, 0.25) is 0 Å². The molecule has 1 unspecified atom stereocenters. The molecule has 6 heteroatoms. The van der Waals surface area contributed by atoms with Crippen LogP contribution in [0.1, 0.15) is 37.6 Å². The molecule has 5 nitrogen and oxygen atoms in total. The molecule has 0 aliphatic heterocycles. The van der Waals surface area contributed by atoms with Crippen molar-refractivity contribution in [2.75, 3.05) is 6.54 Å². The van der Waals surface area contributed by atoms with Crippen molar-refractivity contribution in [2.24, 2.45) is 5.92 Å². The first-order valence-corrected chi connectivity index (χ1v) is 7.58. The molecule has 0 saturated carbocycles. The second kappa shape index (κ2) is 8.02. The third-order valence-corrected chi connectivity index (χ3v) is 3.51. The van der Waals surface area contributed by atoms with E-state index < -0.39 is 12.1 Å². The van der Waals surface area contributed by atoms with E-state index in [0.717, 1.165) is 6.42 Å². The molecule has 0 aromatic heterocycles. The SMILES string of the molecule is CC(C)CCNC(=O)C(C)Oc1c(Br)cccc1C(=O)O. The quantitative estimate of drug-likeness (QED) is 0.786. The number of hydrogen-bond acceptors (Lipinski definition) is 3. The van der Waals surface area contributed by atoms with Gasteiger partial charge in [0.2, 0.25) is 0 Å². The minimum atomic E-state index is -1.10. The fourth-order valence-corrected chi connectivity index (χ4v) is 2.11. The summed E-state index contributed by atoms with van der Waals surface area (Å²) in [5.74, 6) is -0.693. The summed E-state index contributed by atoms with van der Waals surface area (Å²) in [7, 11) is 0. The van der Waals surface area contributed by atoms with Crippen LogP contribution in [0.4, 0.5) is 0 Å². The van der Waals surface area contributed by atoms with Gasteiger partial charge in [-0.2, -0.15) is 0 Å². The molecule has 0 heterocycles. The highest BCUT2D eigenvalue weighted by molar-refractivity contribution is 9.10. The third kappa shape index (κ3) is 5.38.